The van der Waals surface area contributed by atoms with Crippen LogP contribution >= 0.6 is 0 Å². The quantitative estimate of drug-likeness (QED) is 0.493. The van der Waals surface area contributed by atoms with Crippen molar-refractivity contribution in [2.45, 2.75) is 0 Å². The van der Waals surface area contributed by atoms with Crippen molar-refractivity contribution >= 4 is 0 Å². The Labute approximate surface area is 93.6 Å². The molecule has 1 nitrogen and oxygen atoms in total. The molecule has 0 aromatic carbocycles. The van der Waals surface area contributed by atoms with Crippen LogP contribution in [0.5, 0.6) is 0 Å². The van der Waals surface area contributed by atoms with Crippen molar-refractivity contribution in [1.29, 1.82) is 0 Å². The molecule has 0 bridgehead atoms. The third-order valence-corrected chi connectivity index (χ3v) is 0. The molecule has 0 saturated heterocycles. The summed E-state index contributed by atoms with van der Waals surface area (Å²) in [7, 11) is 0. The first kappa shape index (κ1) is 45.4. The van der Waals surface area contributed by atoms with E-state index in [4.69, 9.17) is 0 Å². The van der Waals surface area contributed by atoms with Crippen molar-refractivity contribution in [1.82, 2.24) is 0 Å². The first-order valence-corrected chi connectivity index (χ1v) is 0. The second-order valence-electron chi connectivity index (χ2n) is 0. The zero-order valence-electron chi connectivity index (χ0n) is 2.08. The van der Waals surface area contributed by atoms with Crippen LogP contribution in [0.25, 0.3) is 0 Å². The Hall–Kier alpha value is 2.84. The summed E-state index contributed by atoms with van der Waals surface area (Å²) < 4.78 is 0. The molecule has 0 aliphatic carbocycles. The number of hydrogen-bond acceptors (Lipinski definition) is 0. The molecule has 0 atom stereocenters. The normalized spacial score (nSPS) is 0. The summed E-state index contributed by atoms with van der Waals surface area (Å²) in [6.45, 7) is 0. The van der Waals surface area contributed by atoms with Gasteiger partial charge in [-0.3, -0.25) is 0 Å². The van der Waals surface area contributed by atoms with E-state index in [2.05, 4.69) is 0 Å². The predicted octanol–water partition coefficient (Wildman–Crippen LogP) is -0.832. The van der Waals surface area contributed by atoms with Gasteiger partial charge in [-0.25, -0.2) is 0 Å². The Balaban J connectivity index is 0. The van der Waals surface area contributed by atoms with Crippen molar-refractivity contribution in [2.24, 2.45) is 0 Å². The Morgan fingerprint density at radius 1 is 1.00 bits per heavy atom. The van der Waals surface area contributed by atoms with Crippen LogP contribution in [0.3, 0.4) is 0 Å². The van der Waals surface area contributed by atoms with E-state index in [1.165, 1.54) is 0 Å². The molecule has 0 aliphatic rings. The zero-order valence-corrected chi connectivity index (χ0v) is 9.41. The molecule has 5 heavy (non-hydrogen) atoms. The van der Waals surface area contributed by atoms with Crippen LogP contribution in [0, 0.1) is 35.6 Å². The van der Waals surface area contributed by atoms with Crippen LogP contribution in [-0.2, 0) is 54.3 Å². The molecule has 0 fully saturated rings. The van der Waals surface area contributed by atoms with E-state index in [0.717, 1.165) is 0 Å². The molecule has 0 aromatic heterocycles. The van der Waals surface area contributed by atoms with Crippen LogP contribution in [-0.4, -0.2) is 5.48 Å². The summed E-state index contributed by atoms with van der Waals surface area (Å²) in [5.74, 6) is 0. The molecule has 2 N–H and O–H groups in total. The zero-order chi connectivity index (χ0) is 0. The minimum absolute atomic E-state index is 0. The fraction of sp³-hybridized carbons (Fsp3) is 0. The van der Waals surface area contributed by atoms with Crippen LogP contribution in [0.1, 0.15) is 0 Å². The van der Waals surface area contributed by atoms with Crippen LogP contribution in [0.2, 0.25) is 0 Å². The minimum Gasteiger partial charge on any atom is -0.412 e. The topological polar surface area (TPSA) is 31.5 Å². The third kappa shape index (κ3) is 19.9. The number of hydrogen-bond donors (Lipinski definition) is 0. The van der Waals surface area contributed by atoms with Gasteiger partial charge in [0.1, 0.15) is 0 Å². The van der Waals surface area contributed by atoms with Gasteiger partial charge in [0, 0.05) is 89.9 Å². The first-order valence-electron chi connectivity index (χ1n) is 0. The van der Waals surface area contributed by atoms with Crippen molar-refractivity contribution in [2.75, 3.05) is 0 Å². The smallest absolute Gasteiger partial charge is 0 e. The van der Waals surface area contributed by atoms with E-state index in [9.17, 15) is 0 Å². The Morgan fingerprint density at radius 2 is 1.00 bits per heavy atom. The summed E-state index contributed by atoms with van der Waals surface area (Å²) in [5.41, 5.74) is 0. The largest absolute Gasteiger partial charge is 0.412 e. The van der Waals surface area contributed by atoms with Gasteiger partial charge in [-0.2, -0.15) is 0 Å². The molecule has 0 amide bonds. The number of rotatable bonds is 0. The molecule has 0 spiro atoms. The molecule has 0 rings (SSSR count). The average Bonchev–Trinajstić information content (AvgIpc) is 0. The molecular weight excluding hydrogens is 376 g/mol. The standard InChI is InChI=1S/Co.Fe.La.H2O.Pd/h;;;1H2;. The van der Waals surface area contributed by atoms with Gasteiger partial charge in [0.25, 0.3) is 0 Å². The molecular formula is H2CoFeLaOPd. The van der Waals surface area contributed by atoms with Gasteiger partial charge < -0.3 is 5.48 Å². The summed E-state index contributed by atoms with van der Waals surface area (Å²) >= 11 is 0. The maximum absolute atomic E-state index is 0. The Bertz CT molecular complexity index is 11.6. The summed E-state index contributed by atoms with van der Waals surface area (Å²) in [4.78, 5) is 0. The molecule has 0 heterocycles. The van der Waals surface area contributed by atoms with Crippen molar-refractivity contribution in [3.05, 3.63) is 0 Å². The van der Waals surface area contributed by atoms with Gasteiger partial charge in [-0.1, -0.05) is 0 Å². The molecule has 0 saturated carbocycles. The van der Waals surface area contributed by atoms with Crippen molar-refractivity contribution in [3.8, 4) is 0 Å². The minimum atomic E-state index is 0. The maximum Gasteiger partial charge on any atom is 0 e. The predicted molar refractivity (Wildman–Crippen MR) is 3.61 cm³/mol. The van der Waals surface area contributed by atoms with Gasteiger partial charge in [0.05, 0.1) is 0 Å². The van der Waals surface area contributed by atoms with Crippen LogP contribution < -0.4 is 0 Å². The monoisotopic (exact) mass is 378 g/mol. The van der Waals surface area contributed by atoms with Crippen LogP contribution in [0.4, 0.5) is 0 Å². The van der Waals surface area contributed by atoms with Crippen molar-refractivity contribution < 1.29 is 95.3 Å². The van der Waals surface area contributed by atoms with E-state index >= 15 is 0 Å². The van der Waals surface area contributed by atoms with Gasteiger partial charge in [0.15, 0.2) is 0 Å². The summed E-state index contributed by atoms with van der Waals surface area (Å²) in [6.07, 6.45) is 0. The van der Waals surface area contributed by atoms with Gasteiger partial charge in [-0.15, -0.1) is 0 Å². The van der Waals surface area contributed by atoms with Gasteiger partial charge in [0.2, 0.25) is 0 Å². The fourth-order valence-corrected chi connectivity index (χ4v) is 0. The van der Waals surface area contributed by atoms with Gasteiger partial charge >= 0.3 is 0 Å². The summed E-state index contributed by atoms with van der Waals surface area (Å²) in [5, 5.41) is 0. The van der Waals surface area contributed by atoms with E-state index in [1.54, 1.807) is 0 Å². The second kappa shape index (κ2) is 28.9. The van der Waals surface area contributed by atoms with E-state index in [0.29, 0.717) is 0 Å². The van der Waals surface area contributed by atoms with Crippen molar-refractivity contribution in [3.63, 3.8) is 0 Å². The van der Waals surface area contributed by atoms with E-state index < -0.39 is 0 Å². The molecule has 0 unspecified atom stereocenters. The first-order chi connectivity index (χ1) is 0. The van der Waals surface area contributed by atoms with E-state index in [-0.39, 0.29) is 95.3 Å². The molecule has 0 aromatic rings. The van der Waals surface area contributed by atoms with Gasteiger partial charge in [-0.05, 0) is 0 Å². The molecule has 0 aliphatic heterocycles. The SMILES string of the molecule is O.[Co].[Fe].[La].[Pd]. The average molecular weight is 378 g/mol. The molecule has 2 radical (unpaired) electrons. The molecule has 5 heteroatoms. The van der Waals surface area contributed by atoms with E-state index in [1.807, 2.05) is 0 Å². The van der Waals surface area contributed by atoms with Crippen LogP contribution in [0.15, 0.2) is 0 Å². The maximum atomic E-state index is 0. The molecule has 38 valence electrons. The summed E-state index contributed by atoms with van der Waals surface area (Å²) in [6, 6.07) is 0. The third-order valence-electron chi connectivity index (χ3n) is 0. The second-order valence-corrected chi connectivity index (χ2v) is 0. The Morgan fingerprint density at radius 3 is 1.00 bits per heavy atom. The fourth-order valence-electron chi connectivity index (χ4n) is 0. The Kier molecular flexibility index (Phi) is 263.